The topological polar surface area (TPSA) is 56.1 Å². The number of carbonyl (C=O) groups is 1. The van der Waals surface area contributed by atoms with Crippen LogP contribution in [0.25, 0.3) is 0 Å². The number of nitrogens with one attached hydrogen (secondary N) is 1. The van der Waals surface area contributed by atoms with Gasteiger partial charge in [0.05, 0.1) is 18.4 Å². The van der Waals surface area contributed by atoms with Gasteiger partial charge < -0.3 is 10.1 Å². The first kappa shape index (κ1) is 12.0. The Kier molecular flexibility index (Phi) is 4.01. The third kappa shape index (κ3) is 3.22. The van der Waals surface area contributed by atoms with Crippen molar-refractivity contribution in [1.29, 1.82) is 0 Å². The van der Waals surface area contributed by atoms with Crippen molar-refractivity contribution in [2.45, 2.75) is 45.1 Å². The van der Waals surface area contributed by atoms with Crippen LogP contribution in [0, 0.1) is 0 Å². The van der Waals surface area contributed by atoms with E-state index in [0.29, 0.717) is 18.3 Å². The molecule has 17 heavy (non-hydrogen) atoms. The zero-order chi connectivity index (χ0) is 12.1. The van der Waals surface area contributed by atoms with Crippen LogP contribution in [0.5, 0.6) is 5.75 Å². The van der Waals surface area contributed by atoms with Gasteiger partial charge in [0.2, 0.25) is 0 Å². The summed E-state index contributed by atoms with van der Waals surface area (Å²) in [6.45, 7) is 2.42. The van der Waals surface area contributed by atoms with Gasteiger partial charge in [-0.15, -0.1) is 0 Å². The van der Waals surface area contributed by atoms with E-state index in [9.17, 15) is 4.79 Å². The minimum absolute atomic E-state index is 0.421. The summed E-state index contributed by atoms with van der Waals surface area (Å²) in [6, 6.07) is 0.468. The summed E-state index contributed by atoms with van der Waals surface area (Å²) < 4.78 is 7.02. The summed E-state index contributed by atoms with van der Waals surface area (Å²) in [5.74, 6) is 0.515. The fraction of sp³-hybridized carbons (Fsp3) is 0.667. The first-order valence-corrected chi connectivity index (χ1v) is 6.29. The number of hydrogen-bond donors (Lipinski definition) is 1. The smallest absolute Gasteiger partial charge is 0.407 e. The second-order valence-electron chi connectivity index (χ2n) is 4.37. The summed E-state index contributed by atoms with van der Waals surface area (Å²) in [6.07, 6.45) is 9.17. The number of ether oxygens (including phenoxy) is 1. The summed E-state index contributed by atoms with van der Waals surface area (Å²) in [4.78, 5) is 11.2. The van der Waals surface area contributed by atoms with Gasteiger partial charge in [0.25, 0.3) is 0 Å². The maximum atomic E-state index is 11.2. The minimum Gasteiger partial charge on any atom is -0.407 e. The lowest BCUT2D eigenvalue weighted by Crippen LogP contribution is -2.26. The molecule has 0 radical (unpaired) electrons. The fourth-order valence-electron chi connectivity index (χ4n) is 2.21. The molecule has 0 aliphatic heterocycles. The molecular formula is C12H19N3O2. The van der Waals surface area contributed by atoms with Crippen molar-refractivity contribution in [3.8, 4) is 5.75 Å². The Morgan fingerprint density at radius 3 is 3.00 bits per heavy atom. The highest BCUT2D eigenvalue weighted by atomic mass is 16.6. The maximum Gasteiger partial charge on any atom is 0.412 e. The van der Waals surface area contributed by atoms with Crippen molar-refractivity contribution < 1.29 is 9.53 Å². The largest absolute Gasteiger partial charge is 0.412 e. The third-order valence-corrected chi connectivity index (χ3v) is 3.06. The highest BCUT2D eigenvalue weighted by molar-refractivity contribution is 5.69. The number of carbonyl (C=O) groups excluding carboxylic acids is 1. The number of hydrogen-bond acceptors (Lipinski definition) is 3. The molecule has 1 aliphatic rings. The highest BCUT2D eigenvalue weighted by Gasteiger charge is 2.16. The molecule has 0 atom stereocenters. The summed E-state index contributed by atoms with van der Waals surface area (Å²) in [5, 5.41) is 6.85. The van der Waals surface area contributed by atoms with Crippen LogP contribution in [0.15, 0.2) is 12.4 Å². The number of amides is 1. The standard InChI is InChI=1S/C12H19N3O2/c1-2-13-12(16)17-11-8-14-15(9-11)10-6-4-3-5-7-10/h8-10H,2-7H2,1H3,(H,13,16). The SMILES string of the molecule is CCNC(=O)Oc1cnn(C2CCCCC2)c1. The van der Waals surface area contributed by atoms with E-state index in [2.05, 4.69) is 10.4 Å². The molecule has 0 aromatic carbocycles. The van der Waals surface area contributed by atoms with E-state index in [1.54, 1.807) is 6.20 Å². The van der Waals surface area contributed by atoms with Crippen LogP contribution in [0.4, 0.5) is 4.79 Å². The molecule has 2 rings (SSSR count). The van der Waals surface area contributed by atoms with Gasteiger partial charge in [-0.25, -0.2) is 4.79 Å². The van der Waals surface area contributed by atoms with E-state index in [-0.39, 0.29) is 0 Å². The first-order chi connectivity index (χ1) is 8.29. The van der Waals surface area contributed by atoms with E-state index < -0.39 is 6.09 Å². The van der Waals surface area contributed by atoms with Crippen molar-refractivity contribution in [1.82, 2.24) is 15.1 Å². The quantitative estimate of drug-likeness (QED) is 0.878. The van der Waals surface area contributed by atoms with Crippen LogP contribution >= 0.6 is 0 Å². The molecule has 1 heterocycles. The maximum absolute atomic E-state index is 11.2. The van der Waals surface area contributed by atoms with Crippen LogP contribution in [-0.2, 0) is 0 Å². The molecule has 0 spiro atoms. The van der Waals surface area contributed by atoms with Gasteiger partial charge in [-0.2, -0.15) is 5.10 Å². The van der Waals surface area contributed by atoms with Crippen LogP contribution in [-0.4, -0.2) is 22.4 Å². The Morgan fingerprint density at radius 2 is 2.29 bits per heavy atom. The molecule has 1 fully saturated rings. The fourth-order valence-corrected chi connectivity index (χ4v) is 2.21. The molecule has 1 amide bonds. The monoisotopic (exact) mass is 237 g/mol. The van der Waals surface area contributed by atoms with Gasteiger partial charge in [0.1, 0.15) is 0 Å². The van der Waals surface area contributed by atoms with Crippen LogP contribution < -0.4 is 10.1 Å². The first-order valence-electron chi connectivity index (χ1n) is 6.29. The lowest BCUT2D eigenvalue weighted by molar-refractivity contribution is 0.201. The third-order valence-electron chi connectivity index (χ3n) is 3.06. The predicted octanol–water partition coefficient (Wildman–Crippen LogP) is 2.50. The Bertz CT molecular complexity index is 370. The van der Waals surface area contributed by atoms with Crippen molar-refractivity contribution >= 4 is 6.09 Å². The summed E-state index contributed by atoms with van der Waals surface area (Å²) >= 11 is 0. The molecule has 0 saturated heterocycles. The second kappa shape index (κ2) is 5.70. The molecular weight excluding hydrogens is 218 g/mol. The van der Waals surface area contributed by atoms with E-state index in [0.717, 1.165) is 0 Å². The van der Waals surface area contributed by atoms with Gasteiger partial charge in [0.15, 0.2) is 5.75 Å². The van der Waals surface area contributed by atoms with Crippen LogP contribution in [0.1, 0.15) is 45.1 Å². The Balaban J connectivity index is 1.93. The molecule has 5 heteroatoms. The molecule has 0 unspecified atom stereocenters. The lowest BCUT2D eigenvalue weighted by Gasteiger charge is -2.21. The molecule has 1 aliphatic carbocycles. The number of aromatic nitrogens is 2. The van der Waals surface area contributed by atoms with Crippen molar-refractivity contribution in [2.75, 3.05) is 6.54 Å². The number of rotatable bonds is 3. The van der Waals surface area contributed by atoms with E-state index in [4.69, 9.17) is 4.74 Å². The Hall–Kier alpha value is -1.52. The normalized spacial score (nSPS) is 16.8. The summed E-state index contributed by atoms with van der Waals surface area (Å²) in [7, 11) is 0. The van der Waals surface area contributed by atoms with Crippen LogP contribution in [0.2, 0.25) is 0 Å². The lowest BCUT2D eigenvalue weighted by atomic mass is 9.96. The molecule has 5 nitrogen and oxygen atoms in total. The molecule has 1 N–H and O–H groups in total. The molecule has 1 saturated carbocycles. The Labute approximate surface area is 101 Å². The van der Waals surface area contributed by atoms with Crippen molar-refractivity contribution in [3.63, 3.8) is 0 Å². The van der Waals surface area contributed by atoms with Gasteiger partial charge in [-0.1, -0.05) is 19.3 Å². The zero-order valence-corrected chi connectivity index (χ0v) is 10.2. The second-order valence-corrected chi connectivity index (χ2v) is 4.37. The average molecular weight is 237 g/mol. The van der Waals surface area contributed by atoms with Gasteiger partial charge in [0, 0.05) is 6.54 Å². The number of nitrogens with zero attached hydrogens (tertiary/aromatic N) is 2. The van der Waals surface area contributed by atoms with Crippen molar-refractivity contribution in [2.24, 2.45) is 0 Å². The van der Waals surface area contributed by atoms with Gasteiger partial charge >= 0.3 is 6.09 Å². The minimum atomic E-state index is -0.421. The van der Waals surface area contributed by atoms with Gasteiger partial charge in [-0.05, 0) is 19.8 Å². The molecule has 1 aromatic heterocycles. The van der Waals surface area contributed by atoms with E-state index in [1.165, 1.54) is 32.1 Å². The molecule has 94 valence electrons. The van der Waals surface area contributed by atoms with Crippen molar-refractivity contribution in [3.05, 3.63) is 12.4 Å². The van der Waals surface area contributed by atoms with E-state index in [1.807, 2.05) is 17.8 Å². The Morgan fingerprint density at radius 1 is 1.53 bits per heavy atom. The van der Waals surface area contributed by atoms with Gasteiger partial charge in [-0.3, -0.25) is 4.68 Å². The molecule has 1 aromatic rings. The zero-order valence-electron chi connectivity index (χ0n) is 10.2. The highest BCUT2D eigenvalue weighted by Crippen LogP contribution is 2.28. The average Bonchev–Trinajstić information content (AvgIpc) is 2.79. The van der Waals surface area contributed by atoms with Crippen LogP contribution in [0.3, 0.4) is 0 Å². The summed E-state index contributed by atoms with van der Waals surface area (Å²) in [5.41, 5.74) is 0. The molecule has 0 bridgehead atoms. The van der Waals surface area contributed by atoms with E-state index >= 15 is 0 Å². The predicted molar refractivity (Wildman–Crippen MR) is 64.0 cm³/mol.